The van der Waals surface area contributed by atoms with Gasteiger partial charge in [-0.15, -0.1) is 0 Å². The molecule has 174 valence electrons. The second-order valence-electron chi connectivity index (χ2n) is 7.45. The van der Waals surface area contributed by atoms with Crippen molar-refractivity contribution in [3.05, 3.63) is 71.7 Å². The van der Waals surface area contributed by atoms with Crippen LogP contribution in [0.5, 0.6) is 5.75 Å². The molecule has 0 spiro atoms. The van der Waals surface area contributed by atoms with Crippen molar-refractivity contribution in [2.45, 2.75) is 19.2 Å². The fraction of sp³-hybridized carbons (Fsp3) is 0.227. The molecule has 6 nitrogen and oxygen atoms in total. The first-order valence-electron chi connectivity index (χ1n) is 9.90. The first-order chi connectivity index (χ1) is 15.6. The van der Waals surface area contributed by atoms with Crippen molar-refractivity contribution < 1.29 is 30.7 Å². The van der Waals surface area contributed by atoms with E-state index >= 15 is 0 Å². The van der Waals surface area contributed by atoms with Gasteiger partial charge in [0, 0.05) is 23.9 Å². The largest absolute Gasteiger partial charge is 0.485 e. The average Bonchev–Trinajstić information content (AvgIpc) is 3.12. The van der Waals surface area contributed by atoms with Crippen LogP contribution in [0.25, 0.3) is 11.1 Å². The Morgan fingerprint density at radius 1 is 1.09 bits per heavy atom. The standard InChI is InChI=1S/C22H19F4N3O3S/c23-19-4-1-3-18(22(24,25)26)17(19)13-32-20-11-15(12-28-21(20)27)14-5-7-16(8-6-14)29-9-2-10-33(29,30)31/h1,3-8,11-12H,2,9-10,13H2,(H2,27,28). The van der Waals surface area contributed by atoms with Crippen LogP contribution < -0.4 is 14.8 Å². The fourth-order valence-corrected chi connectivity index (χ4v) is 5.16. The lowest BCUT2D eigenvalue weighted by molar-refractivity contribution is -0.138. The summed E-state index contributed by atoms with van der Waals surface area (Å²) in [5.74, 6) is -1.01. The SMILES string of the molecule is Nc1ncc(-c2ccc(N3CCCS3(=O)=O)cc2)cc1OCc1c(F)cccc1C(F)(F)F. The molecule has 0 radical (unpaired) electrons. The lowest BCUT2D eigenvalue weighted by atomic mass is 10.1. The summed E-state index contributed by atoms with van der Waals surface area (Å²) in [7, 11) is -3.31. The quantitative estimate of drug-likeness (QED) is 0.538. The van der Waals surface area contributed by atoms with E-state index in [4.69, 9.17) is 10.5 Å². The molecule has 0 saturated carbocycles. The second-order valence-corrected chi connectivity index (χ2v) is 9.46. The third kappa shape index (κ3) is 4.72. The highest BCUT2D eigenvalue weighted by Gasteiger charge is 2.34. The molecule has 0 atom stereocenters. The number of benzene rings is 2. The number of alkyl halides is 3. The normalized spacial score (nSPS) is 15.6. The van der Waals surface area contributed by atoms with Crippen LogP contribution in [0.15, 0.2) is 54.7 Å². The minimum Gasteiger partial charge on any atom is -0.485 e. The van der Waals surface area contributed by atoms with Crippen molar-refractivity contribution in [1.29, 1.82) is 0 Å². The highest BCUT2D eigenvalue weighted by Crippen LogP contribution is 2.35. The van der Waals surface area contributed by atoms with Crippen molar-refractivity contribution in [2.75, 3.05) is 22.3 Å². The smallest absolute Gasteiger partial charge is 0.416 e. The van der Waals surface area contributed by atoms with Gasteiger partial charge < -0.3 is 10.5 Å². The molecule has 0 aliphatic carbocycles. The van der Waals surface area contributed by atoms with Crippen LogP contribution in [0, 0.1) is 5.82 Å². The highest BCUT2D eigenvalue weighted by atomic mass is 32.2. The van der Waals surface area contributed by atoms with E-state index in [9.17, 15) is 26.0 Å². The Hall–Kier alpha value is -3.34. The number of nitrogen functional groups attached to an aromatic ring is 1. The van der Waals surface area contributed by atoms with Crippen LogP contribution >= 0.6 is 0 Å². The summed E-state index contributed by atoms with van der Waals surface area (Å²) in [6.07, 6.45) is -2.73. The molecule has 1 aliphatic rings. The number of nitrogens with two attached hydrogens (primary N) is 1. The van der Waals surface area contributed by atoms with Crippen LogP contribution in [0.4, 0.5) is 29.1 Å². The number of hydrogen-bond donors (Lipinski definition) is 1. The molecule has 1 saturated heterocycles. The van der Waals surface area contributed by atoms with E-state index in [0.717, 1.165) is 18.2 Å². The number of anilines is 2. The van der Waals surface area contributed by atoms with Crippen molar-refractivity contribution >= 4 is 21.5 Å². The molecular weight excluding hydrogens is 462 g/mol. The summed E-state index contributed by atoms with van der Waals surface area (Å²) in [6.45, 7) is -0.276. The van der Waals surface area contributed by atoms with Crippen molar-refractivity contribution in [3.63, 3.8) is 0 Å². The number of halogens is 4. The molecule has 1 aromatic heterocycles. The monoisotopic (exact) mass is 481 g/mol. The zero-order valence-corrected chi connectivity index (χ0v) is 18.0. The minimum atomic E-state index is -4.74. The van der Waals surface area contributed by atoms with E-state index < -0.39 is 39.8 Å². The Labute approximate surface area is 187 Å². The van der Waals surface area contributed by atoms with E-state index in [1.54, 1.807) is 24.3 Å². The number of rotatable bonds is 5. The number of hydrogen-bond acceptors (Lipinski definition) is 5. The Kier molecular flexibility index (Phi) is 5.91. The van der Waals surface area contributed by atoms with Gasteiger partial charge in [-0.25, -0.2) is 17.8 Å². The number of sulfonamides is 1. The van der Waals surface area contributed by atoms with Crippen LogP contribution in [-0.4, -0.2) is 25.7 Å². The summed E-state index contributed by atoms with van der Waals surface area (Å²) in [5, 5.41) is 0. The lowest BCUT2D eigenvalue weighted by Gasteiger charge is -2.17. The van der Waals surface area contributed by atoms with Crippen LogP contribution in [-0.2, 0) is 22.8 Å². The summed E-state index contributed by atoms with van der Waals surface area (Å²) >= 11 is 0. The molecule has 2 aromatic carbocycles. The highest BCUT2D eigenvalue weighted by molar-refractivity contribution is 7.93. The maximum Gasteiger partial charge on any atom is 0.416 e. The molecule has 2 heterocycles. The molecule has 4 rings (SSSR count). The Morgan fingerprint density at radius 3 is 2.45 bits per heavy atom. The number of aromatic nitrogens is 1. The first-order valence-corrected chi connectivity index (χ1v) is 11.5. The van der Waals surface area contributed by atoms with Crippen LogP contribution in [0.1, 0.15) is 17.5 Å². The van der Waals surface area contributed by atoms with E-state index in [1.807, 2.05) is 0 Å². The molecule has 0 amide bonds. The Bertz CT molecular complexity index is 1280. The van der Waals surface area contributed by atoms with Gasteiger partial charge in [0.25, 0.3) is 0 Å². The topological polar surface area (TPSA) is 85.5 Å². The predicted octanol–water partition coefficient (Wildman–Crippen LogP) is 4.61. The van der Waals surface area contributed by atoms with Gasteiger partial charge in [0.15, 0.2) is 11.6 Å². The van der Waals surface area contributed by atoms with Crippen molar-refractivity contribution in [3.8, 4) is 16.9 Å². The molecule has 2 N–H and O–H groups in total. The van der Waals surface area contributed by atoms with Gasteiger partial charge in [0.05, 0.1) is 17.0 Å². The van der Waals surface area contributed by atoms with Crippen LogP contribution in [0.2, 0.25) is 0 Å². The molecule has 11 heteroatoms. The van der Waals surface area contributed by atoms with E-state index in [2.05, 4.69) is 4.98 Å². The summed E-state index contributed by atoms with van der Waals surface area (Å²) in [6, 6.07) is 10.9. The summed E-state index contributed by atoms with van der Waals surface area (Å²) < 4.78 is 84.6. The van der Waals surface area contributed by atoms with Gasteiger partial charge in [0.2, 0.25) is 10.0 Å². The van der Waals surface area contributed by atoms with Gasteiger partial charge in [-0.3, -0.25) is 4.31 Å². The van der Waals surface area contributed by atoms with E-state index in [0.29, 0.717) is 29.8 Å². The average molecular weight is 481 g/mol. The molecule has 1 fully saturated rings. The summed E-state index contributed by atoms with van der Waals surface area (Å²) in [5.41, 5.74) is 5.78. The van der Waals surface area contributed by atoms with E-state index in [-0.39, 0.29) is 17.3 Å². The number of pyridine rings is 1. The molecule has 0 bridgehead atoms. The number of nitrogens with zero attached hydrogens (tertiary/aromatic N) is 2. The molecular formula is C22H19F4N3O3S. The molecule has 33 heavy (non-hydrogen) atoms. The third-order valence-electron chi connectivity index (χ3n) is 5.27. The first kappa shape index (κ1) is 22.8. The number of ether oxygens (including phenoxy) is 1. The van der Waals surface area contributed by atoms with Crippen LogP contribution in [0.3, 0.4) is 0 Å². The zero-order chi connectivity index (χ0) is 23.8. The van der Waals surface area contributed by atoms with Gasteiger partial charge in [0.1, 0.15) is 12.4 Å². The van der Waals surface area contributed by atoms with Gasteiger partial charge >= 0.3 is 6.18 Å². The molecule has 3 aromatic rings. The lowest BCUT2D eigenvalue weighted by Crippen LogP contribution is -2.24. The summed E-state index contributed by atoms with van der Waals surface area (Å²) in [4.78, 5) is 4.01. The Balaban J connectivity index is 1.57. The maximum atomic E-state index is 14.1. The Morgan fingerprint density at radius 2 is 1.82 bits per heavy atom. The van der Waals surface area contributed by atoms with Crippen molar-refractivity contribution in [2.24, 2.45) is 0 Å². The minimum absolute atomic E-state index is 0.00456. The van der Waals surface area contributed by atoms with Gasteiger partial charge in [-0.1, -0.05) is 18.2 Å². The van der Waals surface area contributed by atoms with Gasteiger partial charge in [-0.05, 0) is 42.3 Å². The predicted molar refractivity (Wildman–Crippen MR) is 116 cm³/mol. The van der Waals surface area contributed by atoms with Crippen molar-refractivity contribution in [1.82, 2.24) is 4.98 Å². The van der Waals surface area contributed by atoms with E-state index in [1.165, 1.54) is 16.6 Å². The molecule has 1 aliphatic heterocycles. The van der Waals surface area contributed by atoms with Gasteiger partial charge in [-0.2, -0.15) is 13.2 Å². The third-order valence-corrected chi connectivity index (χ3v) is 7.14. The maximum absolute atomic E-state index is 14.1. The molecule has 0 unspecified atom stereocenters. The second kappa shape index (κ2) is 8.54. The fourth-order valence-electron chi connectivity index (χ4n) is 3.60. The zero-order valence-electron chi connectivity index (χ0n) is 17.1.